The Hall–Kier alpha value is -1.21. The quantitative estimate of drug-likeness (QED) is 0.601. The fourth-order valence-electron chi connectivity index (χ4n) is 1.68. The molecule has 17 heavy (non-hydrogen) atoms. The summed E-state index contributed by atoms with van der Waals surface area (Å²) in [5.74, 6) is -0.480. The van der Waals surface area contributed by atoms with Crippen molar-refractivity contribution in [2.45, 2.75) is 11.7 Å². The summed E-state index contributed by atoms with van der Waals surface area (Å²) in [5.41, 5.74) is 0.297. The molecule has 1 aliphatic rings. The highest BCUT2D eigenvalue weighted by Crippen LogP contribution is 2.29. The lowest BCUT2D eigenvalue weighted by Crippen LogP contribution is -2.27. The van der Waals surface area contributed by atoms with Crippen LogP contribution in [-0.4, -0.2) is 31.1 Å². The molecule has 5 nitrogen and oxygen atoms in total. The lowest BCUT2D eigenvalue weighted by Gasteiger charge is -2.16. The summed E-state index contributed by atoms with van der Waals surface area (Å²) in [6.07, 6.45) is 1.07. The van der Waals surface area contributed by atoms with Gasteiger partial charge in [0.15, 0.2) is 5.15 Å². The van der Waals surface area contributed by atoms with E-state index in [9.17, 15) is 17.1 Å². The van der Waals surface area contributed by atoms with Crippen molar-refractivity contribution >= 4 is 33.4 Å². The van der Waals surface area contributed by atoms with Gasteiger partial charge in [-0.25, -0.2) is 4.98 Å². The lowest BCUT2D eigenvalue weighted by atomic mass is 10.4. The number of amides is 1. The van der Waals surface area contributed by atoms with Crippen molar-refractivity contribution in [2.24, 2.45) is 0 Å². The molecule has 1 saturated heterocycles. The zero-order valence-corrected chi connectivity index (χ0v) is 10.1. The molecule has 0 bridgehead atoms. The van der Waals surface area contributed by atoms with Crippen LogP contribution in [0.1, 0.15) is 6.42 Å². The van der Waals surface area contributed by atoms with Gasteiger partial charge in [-0.3, -0.25) is 4.79 Å². The molecule has 1 unspecified atom stereocenters. The number of carbonyl (C=O) groups is 1. The van der Waals surface area contributed by atoms with E-state index in [2.05, 4.69) is 4.98 Å². The molecule has 0 aromatic carbocycles. The van der Waals surface area contributed by atoms with E-state index in [1.54, 1.807) is 6.07 Å². The highest BCUT2D eigenvalue weighted by atomic mass is 35.5. The molecule has 1 aliphatic heterocycles. The first-order valence-corrected chi connectivity index (χ1v) is 6.56. The molecule has 92 valence electrons. The maximum absolute atomic E-state index is 12.8. The summed E-state index contributed by atoms with van der Waals surface area (Å²) < 4.78 is 34.3. The average molecular weight is 279 g/mol. The topological polar surface area (TPSA) is 67.3 Å². The van der Waals surface area contributed by atoms with E-state index in [-0.39, 0.29) is 18.1 Å². The summed E-state index contributed by atoms with van der Waals surface area (Å²) in [6.45, 7) is -0.233. The van der Waals surface area contributed by atoms with Gasteiger partial charge in [-0.15, -0.1) is 3.89 Å². The van der Waals surface area contributed by atoms with E-state index in [1.807, 2.05) is 0 Å². The van der Waals surface area contributed by atoms with Gasteiger partial charge in [-0.2, -0.15) is 8.42 Å². The average Bonchev–Trinajstić information content (AvgIpc) is 2.61. The van der Waals surface area contributed by atoms with Crippen LogP contribution in [0, 0.1) is 0 Å². The van der Waals surface area contributed by atoms with Crippen LogP contribution >= 0.6 is 11.6 Å². The number of halogens is 2. The second-order valence-corrected chi connectivity index (χ2v) is 5.60. The number of anilines is 1. The van der Waals surface area contributed by atoms with Crippen molar-refractivity contribution in [3.8, 4) is 0 Å². The second-order valence-electron chi connectivity index (χ2n) is 3.62. The fraction of sp³-hybridized carbons (Fsp3) is 0.333. The van der Waals surface area contributed by atoms with Gasteiger partial charge >= 0.3 is 10.2 Å². The van der Waals surface area contributed by atoms with E-state index in [0.717, 1.165) is 4.90 Å². The highest BCUT2D eigenvalue weighted by molar-refractivity contribution is 7.87. The van der Waals surface area contributed by atoms with Crippen molar-refractivity contribution < 1.29 is 17.1 Å². The minimum absolute atomic E-state index is 0.0813. The van der Waals surface area contributed by atoms with Gasteiger partial charge in [0, 0.05) is 19.2 Å². The van der Waals surface area contributed by atoms with Gasteiger partial charge in [-0.1, -0.05) is 11.6 Å². The maximum Gasteiger partial charge on any atom is 0.307 e. The minimum Gasteiger partial charge on any atom is -0.308 e. The van der Waals surface area contributed by atoms with Crippen LogP contribution < -0.4 is 4.90 Å². The Morgan fingerprint density at radius 3 is 2.76 bits per heavy atom. The Morgan fingerprint density at radius 1 is 1.53 bits per heavy atom. The molecule has 2 heterocycles. The molecule has 0 spiro atoms. The lowest BCUT2D eigenvalue weighted by molar-refractivity contribution is -0.117. The second kappa shape index (κ2) is 4.23. The summed E-state index contributed by atoms with van der Waals surface area (Å²) >= 11 is 5.78. The molecule has 8 heteroatoms. The first-order valence-electron chi connectivity index (χ1n) is 4.74. The molecule has 0 aliphatic carbocycles. The molecule has 0 saturated carbocycles. The number of hydrogen-bond acceptors (Lipinski definition) is 4. The molecular formula is C9H8ClFN2O3S. The number of rotatable bonds is 2. The van der Waals surface area contributed by atoms with E-state index in [4.69, 9.17) is 11.6 Å². The first-order chi connectivity index (χ1) is 7.89. The van der Waals surface area contributed by atoms with E-state index in [1.165, 1.54) is 12.3 Å². The molecule has 1 atom stereocenters. The predicted molar refractivity (Wildman–Crippen MR) is 60.0 cm³/mol. The summed E-state index contributed by atoms with van der Waals surface area (Å²) in [6, 6.07) is 3.09. The molecule has 0 N–H and O–H groups in total. The molecule has 1 aromatic heterocycles. The fourth-order valence-corrected chi connectivity index (χ4v) is 2.57. The monoisotopic (exact) mass is 278 g/mol. The Morgan fingerprint density at radius 2 is 2.24 bits per heavy atom. The normalized spacial score (nSPS) is 20.9. The van der Waals surface area contributed by atoms with Crippen molar-refractivity contribution in [2.75, 3.05) is 11.4 Å². The Labute approximate surface area is 102 Å². The zero-order valence-electron chi connectivity index (χ0n) is 8.51. The summed E-state index contributed by atoms with van der Waals surface area (Å²) in [7, 11) is -4.72. The molecule has 1 amide bonds. The van der Waals surface area contributed by atoms with Gasteiger partial charge in [0.05, 0.1) is 5.69 Å². The summed E-state index contributed by atoms with van der Waals surface area (Å²) in [4.78, 5) is 16.5. The number of hydrogen-bond donors (Lipinski definition) is 0. The highest BCUT2D eigenvalue weighted by Gasteiger charge is 2.39. The van der Waals surface area contributed by atoms with E-state index in [0.29, 0.717) is 5.69 Å². The van der Waals surface area contributed by atoms with E-state index >= 15 is 0 Å². The Bertz CT molecular complexity index is 563. The van der Waals surface area contributed by atoms with Crippen molar-refractivity contribution in [1.29, 1.82) is 0 Å². The van der Waals surface area contributed by atoms with Crippen LogP contribution in [-0.2, 0) is 15.0 Å². The summed E-state index contributed by atoms with van der Waals surface area (Å²) in [5, 5.41) is -1.25. The largest absolute Gasteiger partial charge is 0.308 e. The number of aromatic nitrogens is 1. The van der Waals surface area contributed by atoms with Crippen LogP contribution in [0.4, 0.5) is 9.57 Å². The number of carbonyl (C=O) groups excluding carboxylic acids is 1. The van der Waals surface area contributed by atoms with Crippen LogP contribution in [0.5, 0.6) is 0 Å². The number of pyridine rings is 1. The Kier molecular flexibility index (Phi) is 3.05. The first kappa shape index (κ1) is 12.3. The third-order valence-electron chi connectivity index (χ3n) is 2.52. The van der Waals surface area contributed by atoms with Gasteiger partial charge in [0.25, 0.3) is 0 Å². The third-order valence-corrected chi connectivity index (χ3v) is 3.92. The number of nitrogens with zero attached hydrogens (tertiary/aromatic N) is 2. The van der Waals surface area contributed by atoms with Crippen LogP contribution in [0.25, 0.3) is 0 Å². The van der Waals surface area contributed by atoms with Gasteiger partial charge in [0.2, 0.25) is 5.91 Å². The van der Waals surface area contributed by atoms with Crippen molar-refractivity contribution in [3.63, 3.8) is 0 Å². The van der Waals surface area contributed by atoms with Crippen LogP contribution in [0.3, 0.4) is 0 Å². The zero-order chi connectivity index (χ0) is 12.6. The minimum atomic E-state index is -4.72. The maximum atomic E-state index is 12.8. The molecule has 0 radical (unpaired) electrons. The molecule has 1 fully saturated rings. The molecule has 1 aromatic rings. The van der Waals surface area contributed by atoms with Gasteiger partial charge in [0.1, 0.15) is 5.25 Å². The van der Waals surface area contributed by atoms with Gasteiger partial charge in [-0.05, 0) is 12.1 Å². The third kappa shape index (κ3) is 2.39. The predicted octanol–water partition coefficient (Wildman–Crippen LogP) is 1.14. The Balaban J connectivity index is 2.31. The van der Waals surface area contributed by atoms with Crippen molar-refractivity contribution in [3.05, 3.63) is 23.5 Å². The van der Waals surface area contributed by atoms with Crippen LogP contribution in [0.2, 0.25) is 5.15 Å². The molecule has 2 rings (SSSR count). The van der Waals surface area contributed by atoms with Crippen LogP contribution in [0.15, 0.2) is 18.3 Å². The van der Waals surface area contributed by atoms with Gasteiger partial charge < -0.3 is 4.90 Å². The van der Waals surface area contributed by atoms with Crippen molar-refractivity contribution in [1.82, 2.24) is 4.98 Å². The standard InChI is InChI=1S/C9H8ClFN2O3S/c10-9-7(2-1-3-12-9)13-5-6(4-8(13)14)17(11,15)16/h1-3,6H,4-5H2. The van der Waals surface area contributed by atoms with E-state index < -0.39 is 21.4 Å². The SMILES string of the molecule is O=C1CC(S(=O)(=O)F)CN1c1cccnc1Cl. The smallest absolute Gasteiger partial charge is 0.307 e. The molecular weight excluding hydrogens is 271 g/mol.